The molecule has 1 saturated heterocycles. The average molecular weight is 280 g/mol. The van der Waals surface area contributed by atoms with Crippen molar-refractivity contribution in [1.29, 1.82) is 0 Å². The zero-order chi connectivity index (χ0) is 13.3. The number of alkyl halides is 3. The topological polar surface area (TPSA) is 37.4 Å². The molecule has 0 aromatic carbocycles. The Morgan fingerprint density at radius 2 is 1.94 bits per heavy atom. The van der Waals surface area contributed by atoms with Gasteiger partial charge in [0.1, 0.15) is 0 Å². The molecule has 0 aromatic rings. The van der Waals surface area contributed by atoms with Crippen LogP contribution in [0.2, 0.25) is 0 Å². The fourth-order valence-corrected chi connectivity index (χ4v) is 3.44. The summed E-state index contributed by atoms with van der Waals surface area (Å²) in [5.41, 5.74) is 0. The lowest BCUT2D eigenvalue weighted by atomic mass is 9.84. The largest absolute Gasteiger partial charge is 0.324 e. The van der Waals surface area contributed by atoms with Crippen molar-refractivity contribution in [3.05, 3.63) is 0 Å². The fraction of sp³-hybridized carbons (Fsp3) is 0.833. The minimum Gasteiger partial charge on any atom is -0.324 e. The highest BCUT2D eigenvalue weighted by molar-refractivity contribution is 6.28. The number of hydrogen-bond donors (Lipinski definition) is 0. The van der Waals surface area contributed by atoms with Crippen LogP contribution in [0.4, 0.5) is 8.78 Å². The van der Waals surface area contributed by atoms with E-state index < -0.39 is 18.4 Å². The Kier molecular flexibility index (Phi) is 4.20. The average Bonchev–Trinajstić information content (AvgIpc) is 2.75. The van der Waals surface area contributed by atoms with Gasteiger partial charge in [-0.05, 0) is 25.2 Å². The molecule has 1 amide bonds. The van der Waals surface area contributed by atoms with Gasteiger partial charge in [0.2, 0.25) is 0 Å². The van der Waals surface area contributed by atoms with Gasteiger partial charge in [0, 0.05) is 6.04 Å². The number of carbonyl (C=O) groups excluding carboxylic acids is 2. The number of ketones is 1. The van der Waals surface area contributed by atoms with Crippen LogP contribution < -0.4 is 0 Å². The van der Waals surface area contributed by atoms with Gasteiger partial charge in [-0.25, -0.2) is 0 Å². The Hall–Kier alpha value is -0.710. The molecule has 3 atom stereocenters. The van der Waals surface area contributed by atoms with Crippen LogP contribution in [0.3, 0.4) is 0 Å². The highest BCUT2D eigenvalue weighted by atomic mass is 35.5. The zero-order valence-electron chi connectivity index (χ0n) is 9.95. The van der Waals surface area contributed by atoms with E-state index >= 15 is 0 Å². The monoisotopic (exact) mass is 279 g/mol. The van der Waals surface area contributed by atoms with Crippen LogP contribution in [0.25, 0.3) is 0 Å². The first-order valence-electron chi connectivity index (χ1n) is 6.25. The van der Waals surface area contributed by atoms with E-state index in [1.54, 1.807) is 0 Å². The van der Waals surface area contributed by atoms with Gasteiger partial charge >= 0.3 is 6.43 Å². The van der Waals surface area contributed by atoms with E-state index in [1.807, 2.05) is 0 Å². The Morgan fingerprint density at radius 3 is 2.56 bits per heavy atom. The molecule has 3 nitrogen and oxygen atoms in total. The molecule has 6 heteroatoms. The summed E-state index contributed by atoms with van der Waals surface area (Å²) in [4.78, 5) is 24.5. The Balaban J connectivity index is 2.23. The first-order chi connectivity index (χ1) is 8.56. The third-order valence-corrected chi connectivity index (χ3v) is 4.30. The van der Waals surface area contributed by atoms with E-state index in [2.05, 4.69) is 0 Å². The van der Waals surface area contributed by atoms with Crippen molar-refractivity contribution in [2.45, 2.75) is 50.6 Å². The minimum absolute atomic E-state index is 0.179. The third-order valence-electron chi connectivity index (χ3n) is 4.03. The highest BCUT2D eigenvalue weighted by Crippen LogP contribution is 2.40. The van der Waals surface area contributed by atoms with Gasteiger partial charge in [-0.3, -0.25) is 9.59 Å². The lowest BCUT2D eigenvalue weighted by Gasteiger charge is -2.33. The van der Waals surface area contributed by atoms with Gasteiger partial charge in [-0.15, -0.1) is 11.6 Å². The maximum Gasteiger partial charge on any atom is 0.315 e. The van der Waals surface area contributed by atoms with Crippen molar-refractivity contribution < 1.29 is 18.4 Å². The predicted octanol–water partition coefficient (Wildman–Crippen LogP) is 2.22. The molecule has 1 aliphatic heterocycles. The summed E-state index contributed by atoms with van der Waals surface area (Å²) in [6, 6.07) is -0.936. The molecule has 0 spiro atoms. The molecule has 0 aromatic heterocycles. The first kappa shape index (κ1) is 13.7. The van der Waals surface area contributed by atoms with E-state index in [4.69, 9.17) is 11.6 Å². The van der Waals surface area contributed by atoms with E-state index in [0.717, 1.165) is 30.6 Å². The SMILES string of the molecule is O=C(CCl)C1CC2CCCCC2N1C(=O)C(F)F. The number of Topliss-reactive ketones (excluding diaryl/α,β-unsaturated/α-hetero) is 1. The number of nitrogens with zero attached hydrogens (tertiary/aromatic N) is 1. The normalized spacial score (nSPS) is 31.6. The number of amides is 1. The maximum atomic E-state index is 12.6. The van der Waals surface area contributed by atoms with Gasteiger partial charge in [0.15, 0.2) is 5.78 Å². The molecule has 0 bridgehead atoms. The Bertz CT molecular complexity index is 351. The van der Waals surface area contributed by atoms with E-state index in [0.29, 0.717) is 6.42 Å². The second-order valence-corrected chi connectivity index (χ2v) is 5.28. The van der Waals surface area contributed by atoms with Gasteiger partial charge in [0.25, 0.3) is 5.91 Å². The van der Waals surface area contributed by atoms with E-state index in [9.17, 15) is 18.4 Å². The summed E-state index contributed by atoms with van der Waals surface area (Å²) in [6.07, 6.45) is 1.04. The number of fused-ring (bicyclic) bond motifs is 1. The number of carbonyl (C=O) groups is 2. The van der Waals surface area contributed by atoms with Gasteiger partial charge in [-0.2, -0.15) is 8.78 Å². The standard InChI is InChI=1S/C12H16ClF2NO2/c13-6-10(17)9-5-7-3-1-2-4-8(7)16(9)12(18)11(14)15/h7-9,11H,1-6H2. The van der Waals surface area contributed by atoms with Crippen LogP contribution in [-0.2, 0) is 9.59 Å². The van der Waals surface area contributed by atoms with Crippen LogP contribution in [0.15, 0.2) is 0 Å². The van der Waals surface area contributed by atoms with Gasteiger partial charge < -0.3 is 4.90 Å². The van der Waals surface area contributed by atoms with Crippen molar-refractivity contribution in [3.63, 3.8) is 0 Å². The predicted molar refractivity (Wildman–Crippen MR) is 62.7 cm³/mol. The summed E-state index contributed by atoms with van der Waals surface area (Å²) >= 11 is 5.50. The molecule has 0 radical (unpaired) electrons. The molecule has 2 rings (SSSR count). The zero-order valence-corrected chi connectivity index (χ0v) is 10.7. The molecular formula is C12H16ClF2NO2. The minimum atomic E-state index is -3.05. The highest BCUT2D eigenvalue weighted by Gasteiger charge is 2.48. The summed E-state index contributed by atoms with van der Waals surface area (Å²) < 4.78 is 25.3. The quantitative estimate of drug-likeness (QED) is 0.743. The molecule has 18 heavy (non-hydrogen) atoms. The molecule has 0 N–H and O–H groups in total. The second kappa shape index (κ2) is 5.51. The fourth-order valence-electron chi connectivity index (χ4n) is 3.27. The lowest BCUT2D eigenvalue weighted by Crippen LogP contribution is -2.48. The summed E-state index contributed by atoms with van der Waals surface area (Å²) in [7, 11) is 0. The summed E-state index contributed by atoms with van der Waals surface area (Å²) in [5, 5.41) is 0. The van der Waals surface area contributed by atoms with E-state index in [-0.39, 0.29) is 23.6 Å². The van der Waals surface area contributed by atoms with E-state index in [1.165, 1.54) is 0 Å². The molecule has 1 saturated carbocycles. The molecule has 2 fully saturated rings. The van der Waals surface area contributed by atoms with Crippen molar-refractivity contribution in [1.82, 2.24) is 4.90 Å². The maximum absolute atomic E-state index is 12.6. The van der Waals surface area contributed by atoms with Crippen molar-refractivity contribution in [2.75, 3.05) is 5.88 Å². The summed E-state index contributed by atoms with van der Waals surface area (Å²) in [5.74, 6) is -1.58. The van der Waals surface area contributed by atoms with Crippen LogP contribution in [-0.4, -0.2) is 41.0 Å². The van der Waals surface area contributed by atoms with Gasteiger partial charge in [0.05, 0.1) is 11.9 Å². The summed E-state index contributed by atoms with van der Waals surface area (Å²) in [6.45, 7) is 0. The Labute approximate surface area is 109 Å². The van der Waals surface area contributed by atoms with Crippen LogP contribution >= 0.6 is 11.6 Å². The molecule has 3 unspecified atom stereocenters. The molecular weight excluding hydrogens is 264 g/mol. The third kappa shape index (κ3) is 2.37. The van der Waals surface area contributed by atoms with Crippen LogP contribution in [0.5, 0.6) is 0 Å². The molecule has 102 valence electrons. The number of likely N-dealkylation sites (tertiary alicyclic amines) is 1. The van der Waals surface area contributed by atoms with Crippen molar-refractivity contribution in [3.8, 4) is 0 Å². The second-order valence-electron chi connectivity index (χ2n) is 5.01. The lowest BCUT2D eigenvalue weighted by molar-refractivity contribution is -0.149. The number of hydrogen-bond acceptors (Lipinski definition) is 2. The van der Waals surface area contributed by atoms with Crippen molar-refractivity contribution in [2.24, 2.45) is 5.92 Å². The Morgan fingerprint density at radius 1 is 1.28 bits per heavy atom. The molecule has 1 heterocycles. The van der Waals surface area contributed by atoms with Crippen molar-refractivity contribution >= 4 is 23.3 Å². The molecule has 1 aliphatic carbocycles. The first-order valence-corrected chi connectivity index (χ1v) is 6.78. The van der Waals surface area contributed by atoms with Crippen LogP contribution in [0, 0.1) is 5.92 Å². The number of rotatable bonds is 3. The van der Waals surface area contributed by atoms with Gasteiger partial charge in [-0.1, -0.05) is 12.8 Å². The molecule has 2 aliphatic rings. The van der Waals surface area contributed by atoms with Crippen LogP contribution in [0.1, 0.15) is 32.1 Å². The number of halogens is 3. The smallest absolute Gasteiger partial charge is 0.315 e.